The molecule has 0 aliphatic heterocycles. The first kappa shape index (κ1) is 10.1. The number of rotatable bonds is 3. The summed E-state index contributed by atoms with van der Waals surface area (Å²) >= 11 is 3.37. The van der Waals surface area contributed by atoms with Crippen LogP contribution in [0.15, 0.2) is 28.7 Å². The highest BCUT2D eigenvalue weighted by Gasteiger charge is 2.07. The van der Waals surface area contributed by atoms with Crippen LogP contribution in [0.4, 0.5) is 0 Å². The average molecular weight is 240 g/mol. The van der Waals surface area contributed by atoms with Gasteiger partial charge in [-0.15, -0.1) is 0 Å². The molecule has 1 unspecified atom stereocenters. The van der Waals surface area contributed by atoms with Gasteiger partial charge in [0.15, 0.2) is 6.10 Å². The fraction of sp³-hybridized carbons (Fsp3) is 0.300. The van der Waals surface area contributed by atoms with Crippen molar-refractivity contribution >= 4 is 15.9 Å². The van der Waals surface area contributed by atoms with Gasteiger partial charge in [-0.05, 0) is 35.0 Å². The van der Waals surface area contributed by atoms with Crippen LogP contribution in [0, 0.1) is 6.57 Å². The smallest absolute Gasteiger partial charge is 0.250 e. The molecule has 0 bridgehead atoms. The zero-order valence-corrected chi connectivity index (χ0v) is 8.91. The largest absolute Gasteiger partial charge is 0.482 e. The third-order valence-corrected chi connectivity index (χ3v) is 2.17. The van der Waals surface area contributed by atoms with Crippen LogP contribution >= 0.6 is 15.9 Å². The van der Waals surface area contributed by atoms with E-state index in [1.165, 1.54) is 0 Å². The van der Waals surface area contributed by atoms with E-state index in [2.05, 4.69) is 20.8 Å². The van der Waals surface area contributed by atoms with Gasteiger partial charge in [0.2, 0.25) is 0 Å². The molecule has 0 radical (unpaired) electrons. The number of hydrogen-bond acceptors (Lipinski definition) is 1. The van der Waals surface area contributed by atoms with Crippen molar-refractivity contribution in [3.63, 3.8) is 0 Å². The lowest BCUT2D eigenvalue weighted by Gasteiger charge is -2.10. The minimum Gasteiger partial charge on any atom is -0.482 e. The van der Waals surface area contributed by atoms with Crippen molar-refractivity contribution in [3.05, 3.63) is 40.2 Å². The number of halogens is 1. The third kappa shape index (κ3) is 3.08. The zero-order valence-electron chi connectivity index (χ0n) is 7.33. The Labute approximate surface area is 86.5 Å². The van der Waals surface area contributed by atoms with Crippen molar-refractivity contribution in [2.45, 2.75) is 13.0 Å². The first-order chi connectivity index (χ1) is 6.24. The summed E-state index contributed by atoms with van der Waals surface area (Å²) in [5.74, 6) is 0.790. The maximum Gasteiger partial charge on any atom is 0.250 e. The van der Waals surface area contributed by atoms with Gasteiger partial charge in [0.25, 0.3) is 6.54 Å². The molecular formula is C10H10BrNO. The van der Waals surface area contributed by atoms with Gasteiger partial charge >= 0.3 is 0 Å². The van der Waals surface area contributed by atoms with E-state index >= 15 is 0 Å². The van der Waals surface area contributed by atoms with E-state index in [-0.39, 0.29) is 6.10 Å². The van der Waals surface area contributed by atoms with Crippen LogP contribution in [-0.4, -0.2) is 12.6 Å². The quantitative estimate of drug-likeness (QED) is 0.740. The molecule has 1 rings (SSSR count). The summed E-state index contributed by atoms with van der Waals surface area (Å²) in [5.41, 5.74) is 0. The second-order valence-corrected chi connectivity index (χ2v) is 3.55. The molecule has 0 heterocycles. The Morgan fingerprint density at radius 1 is 1.54 bits per heavy atom. The Balaban J connectivity index is 2.64. The Hall–Kier alpha value is -1.01. The Bertz CT molecular complexity index is 319. The molecule has 13 heavy (non-hydrogen) atoms. The number of nitrogens with zero attached hydrogens (tertiary/aromatic N) is 1. The molecule has 1 aromatic rings. The van der Waals surface area contributed by atoms with Crippen LogP contribution in [0.1, 0.15) is 6.92 Å². The summed E-state index contributed by atoms with van der Waals surface area (Å²) in [6.07, 6.45) is -0.0591. The van der Waals surface area contributed by atoms with Gasteiger partial charge in [-0.2, -0.15) is 0 Å². The molecule has 2 nitrogen and oxygen atoms in total. The van der Waals surface area contributed by atoms with Crippen LogP contribution in [0.5, 0.6) is 5.75 Å². The fourth-order valence-corrected chi connectivity index (χ4v) is 1.30. The van der Waals surface area contributed by atoms with Crippen LogP contribution in [0.2, 0.25) is 0 Å². The normalized spacial score (nSPS) is 11.8. The van der Waals surface area contributed by atoms with Crippen molar-refractivity contribution in [3.8, 4) is 5.75 Å². The summed E-state index contributed by atoms with van der Waals surface area (Å²) in [7, 11) is 0. The fourth-order valence-electron chi connectivity index (χ4n) is 0.923. The highest BCUT2D eigenvalue weighted by Crippen LogP contribution is 2.24. The molecular weight excluding hydrogens is 230 g/mol. The van der Waals surface area contributed by atoms with E-state index in [0.717, 1.165) is 10.2 Å². The highest BCUT2D eigenvalue weighted by atomic mass is 79.9. The molecule has 0 spiro atoms. The van der Waals surface area contributed by atoms with E-state index < -0.39 is 0 Å². The van der Waals surface area contributed by atoms with Crippen LogP contribution in [0.3, 0.4) is 0 Å². The molecule has 1 atom stereocenters. The minimum atomic E-state index is -0.0591. The number of hydrogen-bond donors (Lipinski definition) is 0. The van der Waals surface area contributed by atoms with Gasteiger partial charge in [-0.3, -0.25) is 0 Å². The molecule has 0 aromatic heterocycles. The minimum absolute atomic E-state index is 0.0591. The molecule has 0 N–H and O–H groups in total. The summed E-state index contributed by atoms with van der Waals surface area (Å²) < 4.78 is 6.45. The van der Waals surface area contributed by atoms with Gasteiger partial charge < -0.3 is 9.58 Å². The molecule has 0 aliphatic rings. The molecule has 3 heteroatoms. The molecule has 68 valence electrons. The lowest BCUT2D eigenvalue weighted by Crippen LogP contribution is -2.14. The maximum absolute atomic E-state index is 6.69. The monoisotopic (exact) mass is 239 g/mol. The van der Waals surface area contributed by atoms with Crippen molar-refractivity contribution in [1.29, 1.82) is 0 Å². The Morgan fingerprint density at radius 2 is 2.23 bits per heavy atom. The first-order valence-corrected chi connectivity index (χ1v) is 4.77. The van der Waals surface area contributed by atoms with Gasteiger partial charge in [0.1, 0.15) is 5.75 Å². The second kappa shape index (κ2) is 4.88. The Morgan fingerprint density at radius 3 is 2.85 bits per heavy atom. The van der Waals surface area contributed by atoms with Crippen molar-refractivity contribution in [2.75, 3.05) is 6.54 Å². The van der Waals surface area contributed by atoms with Gasteiger partial charge in [-0.1, -0.05) is 12.1 Å². The van der Waals surface area contributed by atoms with E-state index in [1.807, 2.05) is 31.2 Å². The van der Waals surface area contributed by atoms with Crippen LogP contribution in [-0.2, 0) is 0 Å². The zero-order chi connectivity index (χ0) is 9.68. The molecule has 0 fully saturated rings. The summed E-state index contributed by atoms with van der Waals surface area (Å²) in [5, 5.41) is 0. The van der Waals surface area contributed by atoms with Crippen molar-refractivity contribution in [1.82, 2.24) is 0 Å². The van der Waals surface area contributed by atoms with Gasteiger partial charge in [0, 0.05) is 0 Å². The predicted molar refractivity (Wildman–Crippen MR) is 55.7 cm³/mol. The van der Waals surface area contributed by atoms with Crippen LogP contribution in [0.25, 0.3) is 4.85 Å². The van der Waals surface area contributed by atoms with E-state index in [1.54, 1.807) is 0 Å². The van der Waals surface area contributed by atoms with Crippen molar-refractivity contribution in [2.24, 2.45) is 0 Å². The second-order valence-electron chi connectivity index (χ2n) is 2.70. The predicted octanol–water partition coefficient (Wildman–Crippen LogP) is 3.14. The molecule has 1 aromatic carbocycles. The lowest BCUT2D eigenvalue weighted by atomic mass is 10.3. The molecule has 0 saturated carbocycles. The summed E-state index contributed by atoms with van der Waals surface area (Å²) in [4.78, 5) is 3.27. The lowest BCUT2D eigenvalue weighted by molar-refractivity contribution is 0.237. The summed E-state index contributed by atoms with van der Waals surface area (Å²) in [6, 6.07) is 7.63. The van der Waals surface area contributed by atoms with Crippen LogP contribution < -0.4 is 4.74 Å². The summed E-state index contributed by atoms with van der Waals surface area (Å²) in [6.45, 7) is 8.96. The number of benzene rings is 1. The maximum atomic E-state index is 6.69. The van der Waals surface area contributed by atoms with Crippen molar-refractivity contribution < 1.29 is 4.74 Å². The standard InChI is InChI=1S/C10H10BrNO/c1-8(7-12-2)13-10-6-4-3-5-9(10)11/h3-6,8H,7H2,1H3. The third-order valence-electron chi connectivity index (χ3n) is 1.51. The Kier molecular flexibility index (Phi) is 3.78. The molecule has 0 amide bonds. The highest BCUT2D eigenvalue weighted by molar-refractivity contribution is 9.10. The number of ether oxygens (including phenoxy) is 1. The SMILES string of the molecule is [C-]#[N+]CC(C)Oc1ccccc1Br. The van der Waals surface area contributed by atoms with Gasteiger partial charge in [0.05, 0.1) is 4.47 Å². The molecule has 0 saturated heterocycles. The van der Waals surface area contributed by atoms with Gasteiger partial charge in [-0.25, -0.2) is 6.57 Å². The van der Waals surface area contributed by atoms with E-state index in [0.29, 0.717) is 6.54 Å². The number of para-hydroxylation sites is 1. The molecule has 0 aliphatic carbocycles. The topological polar surface area (TPSA) is 13.6 Å². The van der Waals surface area contributed by atoms with E-state index in [4.69, 9.17) is 11.3 Å². The van der Waals surface area contributed by atoms with E-state index in [9.17, 15) is 0 Å². The average Bonchev–Trinajstić information content (AvgIpc) is 2.09. The first-order valence-electron chi connectivity index (χ1n) is 3.98.